The summed E-state index contributed by atoms with van der Waals surface area (Å²) in [5, 5.41) is 12.3. The van der Waals surface area contributed by atoms with E-state index >= 15 is 0 Å². The van der Waals surface area contributed by atoms with Gasteiger partial charge in [-0.1, -0.05) is 31.9 Å². The van der Waals surface area contributed by atoms with Crippen LogP contribution in [-0.4, -0.2) is 22.5 Å². The summed E-state index contributed by atoms with van der Waals surface area (Å²) in [6.45, 7) is 2.03. The van der Waals surface area contributed by atoms with Crippen molar-refractivity contribution in [2.75, 3.05) is 5.73 Å². The quantitative estimate of drug-likeness (QED) is 0.739. The van der Waals surface area contributed by atoms with E-state index in [2.05, 4.69) is 5.32 Å². The van der Waals surface area contributed by atoms with Gasteiger partial charge in [-0.3, -0.25) is 4.79 Å². The predicted molar refractivity (Wildman–Crippen MR) is 80.7 cm³/mol. The van der Waals surface area contributed by atoms with E-state index in [-0.39, 0.29) is 12.3 Å². The fraction of sp³-hybridized carbons (Fsp3) is 0.500. The molecule has 2 atom stereocenters. The van der Waals surface area contributed by atoms with Crippen molar-refractivity contribution in [1.82, 2.24) is 5.32 Å². The van der Waals surface area contributed by atoms with E-state index in [0.717, 1.165) is 18.4 Å². The van der Waals surface area contributed by atoms with Gasteiger partial charge < -0.3 is 16.2 Å². The van der Waals surface area contributed by atoms with Crippen molar-refractivity contribution in [3.63, 3.8) is 0 Å². The Balaban J connectivity index is 2.07. The third kappa shape index (κ3) is 3.74. The summed E-state index contributed by atoms with van der Waals surface area (Å²) < 4.78 is 0. The van der Waals surface area contributed by atoms with Crippen LogP contribution in [0, 0.1) is 5.92 Å². The molecule has 0 bridgehead atoms. The minimum Gasteiger partial charge on any atom is -0.480 e. The standard InChI is InChI=1S/C16H22N2O3/c1-11-4-3-7-16(10-11,15(20)21)18-14(19)9-12-5-2-6-13(17)8-12/h2,5-6,8,11H,3-4,7,9-10,17H2,1H3,(H,18,19)(H,20,21). The molecule has 5 nitrogen and oxygen atoms in total. The molecule has 0 saturated heterocycles. The topological polar surface area (TPSA) is 92.4 Å². The lowest BCUT2D eigenvalue weighted by atomic mass is 9.76. The van der Waals surface area contributed by atoms with Crippen LogP contribution in [0.4, 0.5) is 5.69 Å². The minimum atomic E-state index is -1.12. The van der Waals surface area contributed by atoms with Crippen LogP contribution in [0.2, 0.25) is 0 Å². The molecule has 0 heterocycles. The number of rotatable bonds is 4. The molecule has 4 N–H and O–H groups in total. The van der Waals surface area contributed by atoms with Gasteiger partial charge in [0.2, 0.25) is 5.91 Å². The largest absolute Gasteiger partial charge is 0.480 e. The van der Waals surface area contributed by atoms with Gasteiger partial charge in [-0.05, 0) is 36.5 Å². The van der Waals surface area contributed by atoms with Crippen LogP contribution < -0.4 is 11.1 Å². The molecule has 1 aromatic rings. The van der Waals surface area contributed by atoms with Gasteiger partial charge >= 0.3 is 5.97 Å². The van der Waals surface area contributed by atoms with Crippen LogP contribution in [0.25, 0.3) is 0 Å². The highest BCUT2D eigenvalue weighted by Gasteiger charge is 2.43. The minimum absolute atomic E-state index is 0.147. The first kappa shape index (κ1) is 15.4. The Morgan fingerprint density at radius 2 is 2.24 bits per heavy atom. The van der Waals surface area contributed by atoms with Gasteiger partial charge in [-0.15, -0.1) is 0 Å². The van der Waals surface area contributed by atoms with E-state index in [1.54, 1.807) is 18.2 Å². The lowest BCUT2D eigenvalue weighted by molar-refractivity contribution is -0.150. The van der Waals surface area contributed by atoms with Gasteiger partial charge in [0, 0.05) is 5.69 Å². The van der Waals surface area contributed by atoms with E-state index in [9.17, 15) is 14.7 Å². The normalized spacial score (nSPS) is 25.3. The molecule has 0 spiro atoms. The number of carbonyl (C=O) groups excluding carboxylic acids is 1. The summed E-state index contributed by atoms with van der Waals surface area (Å²) >= 11 is 0. The van der Waals surface area contributed by atoms with Gasteiger partial charge in [-0.25, -0.2) is 4.79 Å². The van der Waals surface area contributed by atoms with Gasteiger partial charge in [0.05, 0.1) is 6.42 Å². The Hall–Kier alpha value is -2.04. The number of benzene rings is 1. The van der Waals surface area contributed by atoms with Crippen molar-refractivity contribution in [2.45, 2.75) is 44.6 Å². The number of carbonyl (C=O) groups is 2. The highest BCUT2D eigenvalue weighted by molar-refractivity contribution is 5.88. The molecular weight excluding hydrogens is 268 g/mol. The monoisotopic (exact) mass is 290 g/mol. The van der Waals surface area contributed by atoms with Crippen molar-refractivity contribution in [2.24, 2.45) is 5.92 Å². The van der Waals surface area contributed by atoms with E-state index in [1.807, 2.05) is 13.0 Å². The molecule has 5 heteroatoms. The van der Waals surface area contributed by atoms with Gasteiger partial charge in [0.1, 0.15) is 5.54 Å². The molecule has 1 aliphatic rings. The zero-order valence-corrected chi connectivity index (χ0v) is 12.3. The number of hydrogen-bond acceptors (Lipinski definition) is 3. The van der Waals surface area contributed by atoms with Crippen molar-refractivity contribution in [3.8, 4) is 0 Å². The van der Waals surface area contributed by atoms with Crippen LogP contribution in [0.15, 0.2) is 24.3 Å². The summed E-state index contributed by atoms with van der Waals surface area (Å²) in [5.41, 5.74) is 5.95. The van der Waals surface area contributed by atoms with Crippen molar-refractivity contribution < 1.29 is 14.7 Å². The van der Waals surface area contributed by atoms with Crippen LogP contribution >= 0.6 is 0 Å². The average Bonchev–Trinajstić information content (AvgIpc) is 2.38. The first-order chi connectivity index (χ1) is 9.91. The Morgan fingerprint density at radius 1 is 1.48 bits per heavy atom. The molecule has 1 aliphatic carbocycles. The van der Waals surface area contributed by atoms with E-state index < -0.39 is 11.5 Å². The smallest absolute Gasteiger partial charge is 0.329 e. The highest BCUT2D eigenvalue weighted by atomic mass is 16.4. The first-order valence-electron chi connectivity index (χ1n) is 7.30. The number of nitrogens with two attached hydrogens (primary N) is 1. The SMILES string of the molecule is CC1CCCC(NC(=O)Cc2cccc(N)c2)(C(=O)O)C1. The summed E-state index contributed by atoms with van der Waals surface area (Å²) in [5.74, 6) is -0.894. The van der Waals surface area contributed by atoms with E-state index in [1.165, 1.54) is 0 Å². The number of nitrogen functional groups attached to an aromatic ring is 1. The summed E-state index contributed by atoms with van der Waals surface area (Å²) in [6.07, 6.45) is 2.97. The van der Waals surface area contributed by atoms with Gasteiger partial charge in [0.25, 0.3) is 0 Å². The van der Waals surface area contributed by atoms with E-state index in [0.29, 0.717) is 24.4 Å². The number of hydrogen-bond donors (Lipinski definition) is 3. The van der Waals surface area contributed by atoms with Crippen LogP contribution in [0.1, 0.15) is 38.2 Å². The Morgan fingerprint density at radius 3 is 2.86 bits per heavy atom. The molecular formula is C16H22N2O3. The zero-order chi connectivity index (χ0) is 15.5. The van der Waals surface area contributed by atoms with Crippen LogP contribution in [-0.2, 0) is 16.0 Å². The third-order valence-corrected chi connectivity index (χ3v) is 4.10. The zero-order valence-electron chi connectivity index (χ0n) is 12.3. The highest BCUT2D eigenvalue weighted by Crippen LogP contribution is 2.32. The van der Waals surface area contributed by atoms with Crippen LogP contribution in [0.5, 0.6) is 0 Å². The Bertz CT molecular complexity index is 544. The average molecular weight is 290 g/mol. The molecule has 1 saturated carbocycles. The number of carboxylic acid groups (broad SMARTS) is 1. The molecule has 0 aromatic heterocycles. The number of nitrogens with one attached hydrogen (secondary N) is 1. The molecule has 0 aliphatic heterocycles. The number of amides is 1. The lowest BCUT2D eigenvalue weighted by Crippen LogP contribution is -2.57. The molecule has 1 fully saturated rings. The van der Waals surface area contributed by atoms with Crippen molar-refractivity contribution >= 4 is 17.6 Å². The maximum absolute atomic E-state index is 12.2. The molecule has 1 amide bonds. The first-order valence-corrected chi connectivity index (χ1v) is 7.30. The molecule has 0 radical (unpaired) electrons. The number of aliphatic carboxylic acids is 1. The fourth-order valence-corrected chi connectivity index (χ4v) is 3.11. The number of anilines is 1. The van der Waals surface area contributed by atoms with Crippen molar-refractivity contribution in [3.05, 3.63) is 29.8 Å². The second kappa shape index (κ2) is 6.16. The summed E-state index contributed by atoms with van der Waals surface area (Å²) in [4.78, 5) is 23.8. The second-order valence-corrected chi connectivity index (χ2v) is 6.06. The predicted octanol–water partition coefficient (Wildman–Crippen LogP) is 1.96. The second-order valence-electron chi connectivity index (χ2n) is 6.06. The fourth-order valence-electron chi connectivity index (χ4n) is 3.11. The molecule has 1 aromatic carbocycles. The molecule has 2 rings (SSSR count). The third-order valence-electron chi connectivity index (χ3n) is 4.10. The Labute approximate surface area is 124 Å². The summed E-state index contributed by atoms with van der Waals surface area (Å²) in [6, 6.07) is 7.08. The van der Waals surface area contributed by atoms with Gasteiger partial charge in [-0.2, -0.15) is 0 Å². The van der Waals surface area contributed by atoms with Crippen LogP contribution in [0.3, 0.4) is 0 Å². The van der Waals surface area contributed by atoms with E-state index in [4.69, 9.17) is 5.73 Å². The maximum Gasteiger partial charge on any atom is 0.329 e. The molecule has 2 unspecified atom stereocenters. The van der Waals surface area contributed by atoms with Crippen molar-refractivity contribution in [1.29, 1.82) is 0 Å². The van der Waals surface area contributed by atoms with Gasteiger partial charge in [0.15, 0.2) is 0 Å². The Kier molecular flexibility index (Phi) is 4.50. The molecule has 114 valence electrons. The lowest BCUT2D eigenvalue weighted by Gasteiger charge is -2.37. The maximum atomic E-state index is 12.2. The number of carboxylic acids is 1. The molecule has 21 heavy (non-hydrogen) atoms. The summed E-state index contributed by atoms with van der Waals surface area (Å²) in [7, 11) is 0.